The molecule has 18 rings (SSSR count). The molecule has 0 N–H and O–H groups in total. The lowest BCUT2D eigenvalue weighted by Crippen LogP contribution is -2.46. The van der Waals surface area contributed by atoms with E-state index in [0.717, 1.165) is 77.3 Å². The molecule has 0 spiro atoms. The Kier molecular flexibility index (Phi) is 17.0. The lowest BCUT2D eigenvalue weighted by molar-refractivity contribution is -0.130. The van der Waals surface area contributed by atoms with Crippen molar-refractivity contribution < 1.29 is 203 Å². The first-order valence-electron chi connectivity index (χ1n) is 86.9. The third-order valence-electron chi connectivity index (χ3n) is 23.2. The van der Waals surface area contributed by atoms with Gasteiger partial charge in [-0.3, -0.25) is 58.2 Å². The standard InChI is InChI=1S/3C20H29NO3.3C19H27NO3.3CH4/c3*1-5-13(2)8-15-12-21-7-6-14-9-19(23-3)20(24-4)10-16(14)17(21)11-18(15)22;3*1-12(2)7-14-11-20-6-5-13-8-18(22-3)19(23-4)9-15(13)16(20)10-17(14)21;;;/h3*9-10,13,15,17H,5-8,11-12H2,1-4H3;3*8-9,12,14,16H,5-7,10-11H2,1-4H3;3*1H4/i2D3,3D3,5D2,6D2,7D2,8D2,11D2,12D2,13D,15D,17D;2D3,3D3,5D2,6D2,7D2,8D2,11D2,13D,15D,17D;2D3,3D3,5D2,6D2,7D2,8D2,12D2,13D,17D;3D3,5D2,6D2,10D2,11D2,14D,16D;3D3,5D2,6D2,11D2,16D;3D3,8D,9D;;;. The molecule has 798 valence electrons. The van der Waals surface area contributed by atoms with E-state index in [4.69, 9.17) is 171 Å². The molecular formula is C120H180N6O18. The van der Waals surface area contributed by atoms with Gasteiger partial charge in [0.1, 0.15) is 34.7 Å². The molecule has 24 heteroatoms. The number of benzene rings is 6. The lowest BCUT2D eigenvalue weighted by Gasteiger charge is -2.43. The van der Waals surface area contributed by atoms with Crippen LogP contribution in [0.3, 0.4) is 0 Å². The SMILES string of the molecule is C.C.C.[2H]C([2H])([2H])Oc1cc2c(cc1OC)C1([2H])CC(=O)C(C([2H])([2H])C([2H])(C([2H])([2H])[2H])C([2H])([2H])C)C([2H])([2H])N1C([2H])([2H])C2([2H])[2H].[2H]C([2H])([2H])Oc1cc2c(cc1OC)C1([2H])CC(=O)C(CC(C)C)C([2H])([2H])N1C([2H])([2H])C2([2H])[2H].[2H]C([2H])([2H])Oc1cc2c(cc1OC)C1([2H])N(C([2H])([2H])C([2H])(CC(C)C)C(=O)C1([2H])[2H])C([2H])([2H])C2([2H])[2H].[2H]C([2H])([2H])Oc1cc2c(cc1OC)C1([2H])N(C([2H])([2H])C2([2H])[2H])C([2H])([2H])C([2H])(C([2H])([2H])C([2H])(C([2H])([2H])[2H])C([2H])([2H])C)C(=O)C1([2H])[2H].[2H]C([2H])([2H])Oc1cc2c(cc1OC)C1([2H])N(CC([2H])(C([2H])([2H])C([2H])(C([2H])([2H])[2H])C([2H])([2H])C)C(=O)C1([2H])[2H])C([2H])([2H])C2([2H])[2H].[2H]c1c2c(c([2H])c(OC)c1OC([2H])([2H])[2H])C1CC(=O)C(CC(C)C)CN1CC2. The Balaban J connectivity index is 0.000000272. The van der Waals surface area contributed by atoms with Crippen LogP contribution in [0.1, 0.15) is 422 Å². The average Bonchev–Trinajstić information content (AvgIpc) is 0.636. The van der Waals surface area contributed by atoms with Crippen LogP contribution in [0.2, 0.25) is 0 Å². The summed E-state index contributed by atoms with van der Waals surface area (Å²) in [6.45, 7) is -31.6. The number of carbonyl (C=O) groups excluding carboxylic acids is 6. The lowest BCUT2D eigenvalue weighted by atomic mass is 9.79. The number of rotatable bonds is 27. The molecule has 24 nitrogen and oxygen atoms in total. The third kappa shape index (κ3) is 27.2. The first-order valence-corrected chi connectivity index (χ1v) is 43.9. The summed E-state index contributed by atoms with van der Waals surface area (Å²) < 4.78 is 773. The molecule has 12 aliphatic rings. The molecule has 0 bridgehead atoms. The molecule has 0 saturated carbocycles. The summed E-state index contributed by atoms with van der Waals surface area (Å²) in [5, 5.41) is 0. The van der Waals surface area contributed by atoms with Crippen LogP contribution in [0.5, 0.6) is 69.0 Å². The van der Waals surface area contributed by atoms with Gasteiger partial charge in [-0.2, -0.15) is 0 Å². The van der Waals surface area contributed by atoms with Gasteiger partial charge in [-0.15, -0.1) is 0 Å². The number of fused-ring (bicyclic) bond motifs is 18. The highest BCUT2D eigenvalue weighted by molar-refractivity contribution is 5.86. The van der Waals surface area contributed by atoms with Crippen molar-refractivity contribution in [2.75, 3.05) is 163 Å². The number of Topliss-reactive ketones (excluding diaryl/α,β-unsaturated/α-hetero) is 6. The summed E-state index contributed by atoms with van der Waals surface area (Å²) >= 11 is 0. The molecule has 6 aromatic carbocycles. The number of methoxy groups -OCH3 is 12. The van der Waals surface area contributed by atoms with Crippen molar-refractivity contribution in [1.29, 1.82) is 0 Å². The first kappa shape index (κ1) is 45.6. The van der Waals surface area contributed by atoms with Gasteiger partial charge in [0.05, 0.1) is 119 Å². The summed E-state index contributed by atoms with van der Waals surface area (Å²) in [4.78, 5) is 83.0. The van der Waals surface area contributed by atoms with Crippen LogP contribution >= 0.6 is 0 Å². The number of nitrogens with zero attached hydrogens (tertiary/aromatic N) is 6. The van der Waals surface area contributed by atoms with Crippen molar-refractivity contribution in [3.05, 3.63) is 140 Å². The molecule has 0 aromatic heterocycles. The molecule has 6 fully saturated rings. The summed E-state index contributed by atoms with van der Waals surface area (Å²) in [5.41, 5.74) is -5.65. The van der Waals surface area contributed by atoms with Crippen LogP contribution in [0.25, 0.3) is 0 Å². The van der Waals surface area contributed by atoms with E-state index in [-0.39, 0.29) is 113 Å². The third-order valence-corrected chi connectivity index (χ3v) is 23.2. The van der Waals surface area contributed by atoms with E-state index < -0.39 is 444 Å². The Bertz CT molecular complexity index is 9480. The Labute approximate surface area is 985 Å². The largest absolute Gasteiger partial charge is 0.493 e. The Morgan fingerprint density at radius 1 is 0.340 bits per heavy atom. The van der Waals surface area contributed by atoms with Gasteiger partial charge in [-0.1, -0.05) is 124 Å². The van der Waals surface area contributed by atoms with Gasteiger partial charge in [0.15, 0.2) is 69.0 Å². The Hall–Kier alpha value is -9.30. The molecule has 0 aliphatic carbocycles. The molecule has 6 aromatic rings. The Morgan fingerprint density at radius 3 is 1.06 bits per heavy atom. The minimum absolute atomic E-state index is 0. The number of piperidine rings is 6. The van der Waals surface area contributed by atoms with E-state index in [0.29, 0.717) is 86.8 Å². The predicted molar refractivity (Wildman–Crippen MR) is 575 cm³/mol. The zero-order chi connectivity index (χ0) is 177. The number of aryl methyl sites for hydroxylation is 5. The number of ketones is 6. The topological polar surface area (TPSA) is 233 Å². The predicted octanol–water partition coefficient (Wildman–Crippen LogP) is 22.5. The monoisotopic (exact) mass is 2080 g/mol. The van der Waals surface area contributed by atoms with E-state index in [1.54, 1.807) is 27.7 Å². The molecule has 6 saturated heterocycles. The number of hydrogen-bond acceptors (Lipinski definition) is 24. The van der Waals surface area contributed by atoms with Gasteiger partial charge in [0.2, 0.25) is 0 Å². The van der Waals surface area contributed by atoms with Gasteiger partial charge >= 0.3 is 0 Å². The van der Waals surface area contributed by atoms with Crippen LogP contribution < -0.4 is 56.8 Å². The summed E-state index contributed by atoms with van der Waals surface area (Å²) in [6, 6.07) is -7.85. The second-order valence-electron chi connectivity index (χ2n) is 33.6. The molecule has 144 heavy (non-hydrogen) atoms. The highest BCUT2D eigenvalue weighted by Gasteiger charge is 2.47. The average molecular weight is 2080 g/mol. The van der Waals surface area contributed by atoms with Crippen LogP contribution in [0, 0.1) is 70.9 Å². The number of hydrogen-bond donors (Lipinski definition) is 0. The van der Waals surface area contributed by atoms with Gasteiger partial charge in [0, 0.05) is 272 Å². The zero-order valence-corrected chi connectivity index (χ0v) is 79.4. The van der Waals surface area contributed by atoms with Crippen LogP contribution in [0.4, 0.5) is 0 Å². The van der Waals surface area contributed by atoms with Gasteiger partial charge < -0.3 is 56.8 Å². The van der Waals surface area contributed by atoms with E-state index >= 15 is 0 Å². The number of carbonyl (C=O) groups is 6. The highest BCUT2D eigenvalue weighted by atomic mass is 16.5. The van der Waals surface area contributed by atoms with Crippen molar-refractivity contribution in [3.8, 4) is 69.0 Å². The highest BCUT2D eigenvalue weighted by Crippen LogP contribution is 2.51. The van der Waals surface area contributed by atoms with E-state index in [9.17, 15) is 32.9 Å². The fourth-order valence-corrected chi connectivity index (χ4v) is 16.3. The van der Waals surface area contributed by atoms with Gasteiger partial charge in [-0.25, -0.2) is 0 Å². The van der Waals surface area contributed by atoms with Crippen molar-refractivity contribution in [1.82, 2.24) is 29.4 Å². The molecule has 15 unspecified atom stereocenters. The maximum absolute atomic E-state index is 14.1. The van der Waals surface area contributed by atoms with Crippen LogP contribution in [0.15, 0.2) is 72.7 Å². The molecule has 0 amide bonds. The smallest absolute Gasteiger partial charge is 0.161 e. The van der Waals surface area contributed by atoms with Crippen molar-refractivity contribution in [3.63, 3.8) is 0 Å². The first-order chi connectivity index (χ1) is 100. The van der Waals surface area contributed by atoms with Gasteiger partial charge in [-0.05, 0) is 252 Å². The second-order valence-corrected chi connectivity index (χ2v) is 33.6. The summed E-state index contributed by atoms with van der Waals surface area (Å²) in [7, 11) is -11.4. The quantitative estimate of drug-likeness (QED) is 0.0466. The maximum atomic E-state index is 14.1. The Morgan fingerprint density at radius 2 is 0.660 bits per heavy atom. The minimum atomic E-state index is -4.57. The van der Waals surface area contributed by atoms with Crippen molar-refractivity contribution in [2.45, 2.75) is 275 Å². The molecular weight excluding hydrogens is 1810 g/mol. The summed E-state index contributed by atoms with van der Waals surface area (Å²) in [5.74, 6) is -40.8. The van der Waals surface area contributed by atoms with Crippen LogP contribution in [-0.2, 0) is 67.1 Å². The van der Waals surface area contributed by atoms with Gasteiger partial charge in [0.25, 0.3) is 0 Å². The zero-order valence-electron chi connectivity index (χ0n) is 165. The minimum Gasteiger partial charge on any atom is -0.493 e. The number of ether oxygens (including phenoxy) is 12. The fraction of sp³-hybridized carbons (Fsp3) is 0.650. The normalized spacial score (nSPS) is 45.0. The molecule has 0 radical (unpaired) electrons. The van der Waals surface area contributed by atoms with Crippen molar-refractivity contribution in [2.24, 2.45) is 70.9 Å². The maximum Gasteiger partial charge on any atom is 0.161 e. The summed E-state index contributed by atoms with van der Waals surface area (Å²) in [6.07, 6.45) is -50.9. The molecule has 12 heterocycles. The second kappa shape index (κ2) is 53.5. The van der Waals surface area contributed by atoms with E-state index in [1.165, 1.54) is 14.2 Å². The molecule has 12 aliphatic heterocycles. The van der Waals surface area contributed by atoms with Crippen LogP contribution in [-0.4, -0.2) is 227 Å². The van der Waals surface area contributed by atoms with E-state index in [1.807, 2.05) is 0 Å². The molecule has 15 atom stereocenters. The fourth-order valence-electron chi connectivity index (χ4n) is 16.3. The van der Waals surface area contributed by atoms with Crippen molar-refractivity contribution >= 4 is 34.7 Å². The van der Waals surface area contributed by atoms with E-state index in [2.05, 4.69) is 18.7 Å².